The number of amides is 1. The number of H-pyrrole nitrogens is 1. The number of nitrogens with one attached hydrogen (secondary N) is 2. The Labute approximate surface area is 175 Å². The van der Waals surface area contributed by atoms with E-state index in [1.54, 1.807) is 23.5 Å². The molecule has 2 aromatic carbocycles. The first-order chi connectivity index (χ1) is 13.7. The molecule has 5 nitrogen and oxygen atoms in total. The van der Waals surface area contributed by atoms with Crippen LogP contribution in [0.3, 0.4) is 0 Å². The number of aromatic nitrogens is 2. The van der Waals surface area contributed by atoms with Gasteiger partial charge in [-0.1, -0.05) is 53.9 Å². The van der Waals surface area contributed by atoms with Crippen LogP contribution in [-0.4, -0.2) is 21.6 Å². The fourth-order valence-corrected chi connectivity index (χ4v) is 5.34. The lowest BCUT2D eigenvalue weighted by molar-refractivity contribution is -0.113. The van der Waals surface area contributed by atoms with Crippen LogP contribution >= 0.6 is 35.3 Å². The molecule has 1 aromatic heterocycles. The van der Waals surface area contributed by atoms with Crippen molar-refractivity contribution in [2.24, 2.45) is 0 Å². The zero-order chi connectivity index (χ0) is 19.3. The average Bonchev–Trinajstić information content (AvgIpc) is 3.18. The summed E-state index contributed by atoms with van der Waals surface area (Å²) in [6.07, 6.45) is 0. The van der Waals surface area contributed by atoms with Crippen molar-refractivity contribution in [1.82, 2.24) is 9.97 Å². The van der Waals surface area contributed by atoms with Gasteiger partial charge in [0.1, 0.15) is 0 Å². The zero-order valence-corrected chi connectivity index (χ0v) is 17.3. The van der Waals surface area contributed by atoms with E-state index in [0.717, 1.165) is 32.5 Å². The van der Waals surface area contributed by atoms with E-state index in [1.807, 2.05) is 54.6 Å². The lowest BCUT2D eigenvalue weighted by Gasteiger charge is -2.10. The maximum atomic E-state index is 12.4. The molecule has 0 saturated heterocycles. The van der Waals surface area contributed by atoms with Crippen LogP contribution in [0.2, 0.25) is 0 Å². The third-order valence-electron chi connectivity index (χ3n) is 4.04. The number of thioether (sulfide) groups is 2. The van der Waals surface area contributed by atoms with Gasteiger partial charge in [-0.05, 0) is 24.3 Å². The number of anilines is 1. The number of hydrogen-bond donors (Lipinski definition) is 2. The highest BCUT2D eigenvalue weighted by molar-refractivity contribution is 8.00. The molecule has 0 spiro atoms. The number of para-hydroxylation sites is 1. The molecule has 0 radical (unpaired) electrons. The van der Waals surface area contributed by atoms with Crippen LogP contribution < -0.4 is 10.9 Å². The molecule has 4 rings (SSSR count). The molecule has 3 aromatic rings. The first-order valence-electron chi connectivity index (χ1n) is 8.63. The standard InChI is InChI=1S/C20H17N3O2S3/c24-18(12-27-20-22-16-11-26-10-14(16)19(25)23-20)21-15-8-4-5-9-17(15)28-13-6-2-1-3-7-13/h1-9H,10-12H2,(H,21,24)(H,22,23,25). The van der Waals surface area contributed by atoms with Crippen LogP contribution in [0.1, 0.15) is 11.3 Å². The Morgan fingerprint density at radius 2 is 1.89 bits per heavy atom. The van der Waals surface area contributed by atoms with E-state index in [4.69, 9.17) is 0 Å². The van der Waals surface area contributed by atoms with Gasteiger partial charge >= 0.3 is 0 Å². The summed E-state index contributed by atoms with van der Waals surface area (Å²) in [5.41, 5.74) is 2.27. The summed E-state index contributed by atoms with van der Waals surface area (Å²) in [7, 11) is 0. The van der Waals surface area contributed by atoms with Gasteiger partial charge in [0.05, 0.1) is 17.1 Å². The second-order valence-electron chi connectivity index (χ2n) is 6.04. The summed E-state index contributed by atoms with van der Waals surface area (Å²) in [6.45, 7) is 0. The highest BCUT2D eigenvalue weighted by Gasteiger charge is 2.18. The molecule has 0 bridgehead atoms. The number of carbonyl (C=O) groups excluding carboxylic acids is 1. The minimum Gasteiger partial charge on any atom is -0.324 e. The Bertz CT molecular complexity index is 1050. The largest absolute Gasteiger partial charge is 0.324 e. The van der Waals surface area contributed by atoms with Gasteiger partial charge in [-0.3, -0.25) is 9.59 Å². The third-order valence-corrected chi connectivity index (χ3v) is 6.96. The van der Waals surface area contributed by atoms with Gasteiger partial charge in [0.15, 0.2) is 5.16 Å². The molecular weight excluding hydrogens is 410 g/mol. The third kappa shape index (κ3) is 4.63. The summed E-state index contributed by atoms with van der Waals surface area (Å²) < 4.78 is 0. The summed E-state index contributed by atoms with van der Waals surface area (Å²) >= 11 is 4.53. The fourth-order valence-electron chi connectivity index (χ4n) is 2.70. The second kappa shape index (κ2) is 8.89. The first-order valence-corrected chi connectivity index (χ1v) is 11.6. The molecule has 28 heavy (non-hydrogen) atoms. The molecule has 0 atom stereocenters. The van der Waals surface area contributed by atoms with Gasteiger partial charge in [0.25, 0.3) is 5.56 Å². The number of rotatable bonds is 6. The van der Waals surface area contributed by atoms with E-state index in [0.29, 0.717) is 10.9 Å². The van der Waals surface area contributed by atoms with Crippen molar-refractivity contribution in [2.75, 3.05) is 11.1 Å². The van der Waals surface area contributed by atoms with Crippen LogP contribution in [0.4, 0.5) is 5.69 Å². The highest BCUT2D eigenvalue weighted by atomic mass is 32.2. The average molecular weight is 428 g/mol. The minimum atomic E-state index is -0.136. The lowest BCUT2D eigenvalue weighted by atomic mass is 10.3. The number of benzene rings is 2. The van der Waals surface area contributed by atoms with E-state index < -0.39 is 0 Å². The van der Waals surface area contributed by atoms with Crippen molar-refractivity contribution >= 4 is 46.9 Å². The van der Waals surface area contributed by atoms with Crippen molar-refractivity contribution in [3.05, 3.63) is 76.2 Å². The van der Waals surface area contributed by atoms with Crippen molar-refractivity contribution in [1.29, 1.82) is 0 Å². The molecule has 2 N–H and O–H groups in total. The quantitative estimate of drug-likeness (QED) is 0.449. The van der Waals surface area contributed by atoms with Crippen molar-refractivity contribution in [3.63, 3.8) is 0 Å². The van der Waals surface area contributed by atoms with Crippen LogP contribution in [-0.2, 0) is 16.3 Å². The Morgan fingerprint density at radius 3 is 2.75 bits per heavy atom. The molecule has 2 heterocycles. The summed E-state index contributed by atoms with van der Waals surface area (Å²) in [6, 6.07) is 17.7. The summed E-state index contributed by atoms with van der Waals surface area (Å²) in [5, 5.41) is 3.46. The van der Waals surface area contributed by atoms with E-state index in [2.05, 4.69) is 15.3 Å². The maximum Gasteiger partial charge on any atom is 0.255 e. The number of nitrogens with zero attached hydrogens (tertiary/aromatic N) is 1. The summed E-state index contributed by atoms with van der Waals surface area (Å²) in [4.78, 5) is 33.8. The van der Waals surface area contributed by atoms with E-state index in [-0.39, 0.29) is 17.2 Å². The Morgan fingerprint density at radius 1 is 1.11 bits per heavy atom. The topological polar surface area (TPSA) is 74.8 Å². The monoisotopic (exact) mass is 427 g/mol. The van der Waals surface area contributed by atoms with E-state index >= 15 is 0 Å². The smallest absolute Gasteiger partial charge is 0.255 e. The van der Waals surface area contributed by atoms with Crippen LogP contribution in [0, 0.1) is 0 Å². The number of hydrogen-bond acceptors (Lipinski definition) is 6. The van der Waals surface area contributed by atoms with E-state index in [1.165, 1.54) is 11.8 Å². The molecule has 0 aliphatic carbocycles. The van der Waals surface area contributed by atoms with Gasteiger partial charge in [-0.2, -0.15) is 11.8 Å². The number of aromatic amines is 1. The van der Waals surface area contributed by atoms with E-state index in [9.17, 15) is 9.59 Å². The van der Waals surface area contributed by atoms with Gasteiger partial charge in [0.2, 0.25) is 5.91 Å². The Kier molecular flexibility index (Phi) is 6.09. The normalized spacial score (nSPS) is 12.6. The SMILES string of the molecule is O=C(CSc1nc2c(c(=O)[nH]1)CSC2)Nc1ccccc1Sc1ccccc1. The molecule has 1 amide bonds. The van der Waals surface area contributed by atoms with Gasteiger partial charge in [-0.25, -0.2) is 4.98 Å². The zero-order valence-electron chi connectivity index (χ0n) is 14.8. The van der Waals surface area contributed by atoms with Crippen LogP contribution in [0.25, 0.3) is 0 Å². The fraction of sp³-hybridized carbons (Fsp3) is 0.150. The van der Waals surface area contributed by atoms with Crippen molar-refractivity contribution in [3.8, 4) is 0 Å². The number of carbonyl (C=O) groups is 1. The number of fused-ring (bicyclic) bond motifs is 1. The van der Waals surface area contributed by atoms with Crippen LogP contribution in [0.15, 0.2) is 74.3 Å². The lowest BCUT2D eigenvalue weighted by Crippen LogP contribution is -2.17. The van der Waals surface area contributed by atoms with Crippen molar-refractivity contribution < 1.29 is 4.79 Å². The predicted octanol–water partition coefficient (Wildman–Crippen LogP) is 4.40. The van der Waals surface area contributed by atoms with Gasteiger partial charge in [0, 0.05) is 26.9 Å². The molecule has 1 aliphatic heterocycles. The predicted molar refractivity (Wildman–Crippen MR) is 116 cm³/mol. The van der Waals surface area contributed by atoms with Crippen LogP contribution in [0.5, 0.6) is 0 Å². The molecule has 1 aliphatic rings. The maximum absolute atomic E-state index is 12.4. The molecule has 0 unspecified atom stereocenters. The Hall–Kier alpha value is -2.16. The van der Waals surface area contributed by atoms with Gasteiger partial charge in [-0.15, -0.1) is 0 Å². The Balaban J connectivity index is 1.41. The molecular formula is C20H17N3O2S3. The second-order valence-corrected chi connectivity index (χ2v) is 9.10. The minimum absolute atomic E-state index is 0.0949. The highest BCUT2D eigenvalue weighted by Crippen LogP contribution is 2.33. The molecule has 8 heteroatoms. The molecule has 142 valence electrons. The first kappa shape index (κ1) is 19.2. The molecule has 0 fully saturated rings. The summed E-state index contributed by atoms with van der Waals surface area (Å²) in [5.74, 6) is 1.50. The molecule has 0 saturated carbocycles. The van der Waals surface area contributed by atoms with Gasteiger partial charge < -0.3 is 10.3 Å². The van der Waals surface area contributed by atoms with Crippen molar-refractivity contribution in [2.45, 2.75) is 26.5 Å².